The Labute approximate surface area is 171 Å². The standard InChI is InChI=1S/C20H17N5O4S/c1-30(28,29)24-13-7-9-17(19(11-13)25(26)27)23-20-14-4-2-3-5-16(14)22-18-10-12(21)6-8-15(18)20/h2-11,24H,21H2,1H3,(H,22,23). The number of nitro groups is 1. The summed E-state index contributed by atoms with van der Waals surface area (Å²) in [6.07, 6.45) is 0.978. The fourth-order valence-corrected chi connectivity index (χ4v) is 3.80. The Morgan fingerprint density at radius 3 is 2.47 bits per heavy atom. The van der Waals surface area contributed by atoms with Gasteiger partial charge in [0.2, 0.25) is 10.0 Å². The predicted octanol–water partition coefficient (Wildman–Crippen LogP) is 3.99. The molecular weight excluding hydrogens is 406 g/mol. The molecule has 152 valence electrons. The molecular formula is C20H17N5O4S. The summed E-state index contributed by atoms with van der Waals surface area (Å²) in [6, 6.07) is 16.8. The Bertz CT molecular complexity index is 1420. The van der Waals surface area contributed by atoms with Gasteiger partial charge in [-0.25, -0.2) is 13.4 Å². The van der Waals surface area contributed by atoms with Gasteiger partial charge in [-0.1, -0.05) is 18.2 Å². The number of benzene rings is 3. The van der Waals surface area contributed by atoms with Crippen molar-refractivity contribution in [3.05, 3.63) is 70.8 Å². The molecule has 0 saturated heterocycles. The smallest absolute Gasteiger partial charge is 0.294 e. The molecule has 0 radical (unpaired) electrons. The van der Waals surface area contributed by atoms with Crippen molar-refractivity contribution in [3.63, 3.8) is 0 Å². The Balaban J connectivity index is 1.90. The molecule has 4 N–H and O–H groups in total. The summed E-state index contributed by atoms with van der Waals surface area (Å²) in [4.78, 5) is 15.7. The average molecular weight is 423 g/mol. The number of nitro benzene ring substituents is 1. The molecule has 0 spiro atoms. The van der Waals surface area contributed by atoms with Gasteiger partial charge < -0.3 is 11.1 Å². The number of pyridine rings is 1. The SMILES string of the molecule is CS(=O)(=O)Nc1ccc(Nc2c3ccccc3nc3cc(N)ccc23)c([N+](=O)[O-])c1. The van der Waals surface area contributed by atoms with Crippen LogP contribution < -0.4 is 15.8 Å². The number of fused-ring (bicyclic) bond motifs is 2. The van der Waals surface area contributed by atoms with Crippen LogP contribution in [-0.2, 0) is 10.0 Å². The lowest BCUT2D eigenvalue weighted by Gasteiger charge is -2.14. The van der Waals surface area contributed by atoms with Crippen molar-refractivity contribution in [1.82, 2.24) is 4.98 Å². The molecule has 0 aliphatic heterocycles. The Morgan fingerprint density at radius 1 is 1.00 bits per heavy atom. The molecule has 0 aliphatic carbocycles. The maximum Gasteiger partial charge on any atom is 0.294 e. The minimum absolute atomic E-state index is 0.104. The molecule has 0 aliphatic rings. The minimum Gasteiger partial charge on any atom is -0.399 e. The van der Waals surface area contributed by atoms with Gasteiger partial charge in [-0.15, -0.1) is 0 Å². The van der Waals surface area contributed by atoms with Gasteiger partial charge in [0.15, 0.2) is 0 Å². The number of nitrogens with one attached hydrogen (secondary N) is 2. The van der Waals surface area contributed by atoms with Gasteiger partial charge in [0.1, 0.15) is 5.69 Å². The number of para-hydroxylation sites is 1. The van der Waals surface area contributed by atoms with Crippen LogP contribution >= 0.6 is 0 Å². The number of hydrogen-bond donors (Lipinski definition) is 3. The van der Waals surface area contributed by atoms with Crippen molar-refractivity contribution in [2.75, 3.05) is 22.0 Å². The highest BCUT2D eigenvalue weighted by Crippen LogP contribution is 2.37. The fraction of sp³-hybridized carbons (Fsp3) is 0.0500. The van der Waals surface area contributed by atoms with E-state index >= 15 is 0 Å². The van der Waals surface area contributed by atoms with E-state index in [1.807, 2.05) is 24.3 Å². The van der Waals surface area contributed by atoms with Crippen LogP contribution in [0.3, 0.4) is 0 Å². The highest BCUT2D eigenvalue weighted by molar-refractivity contribution is 7.92. The first-order valence-corrected chi connectivity index (χ1v) is 10.7. The molecule has 4 aromatic rings. The van der Waals surface area contributed by atoms with Crippen LogP contribution in [0.1, 0.15) is 0 Å². The fourth-order valence-electron chi connectivity index (χ4n) is 3.25. The predicted molar refractivity (Wildman–Crippen MR) is 119 cm³/mol. The quantitative estimate of drug-likeness (QED) is 0.191. The van der Waals surface area contributed by atoms with Crippen LogP contribution in [0, 0.1) is 10.1 Å². The molecule has 0 fully saturated rings. The van der Waals surface area contributed by atoms with Crippen molar-refractivity contribution < 1.29 is 13.3 Å². The van der Waals surface area contributed by atoms with Gasteiger partial charge in [-0.05, 0) is 36.4 Å². The summed E-state index contributed by atoms with van der Waals surface area (Å²) in [5.41, 5.74) is 8.49. The highest BCUT2D eigenvalue weighted by atomic mass is 32.2. The van der Waals surface area contributed by atoms with Gasteiger partial charge in [0, 0.05) is 22.5 Å². The molecule has 0 amide bonds. The Morgan fingerprint density at radius 2 is 1.73 bits per heavy atom. The van der Waals surface area contributed by atoms with Crippen molar-refractivity contribution in [2.24, 2.45) is 0 Å². The van der Waals surface area contributed by atoms with Crippen LogP contribution in [0.4, 0.5) is 28.4 Å². The molecule has 9 nitrogen and oxygen atoms in total. The number of anilines is 4. The Kier molecular flexibility index (Phi) is 4.63. The number of hydrogen-bond acceptors (Lipinski definition) is 7. The van der Waals surface area contributed by atoms with E-state index < -0.39 is 14.9 Å². The van der Waals surface area contributed by atoms with Crippen molar-refractivity contribution in [3.8, 4) is 0 Å². The van der Waals surface area contributed by atoms with Crippen molar-refractivity contribution in [1.29, 1.82) is 0 Å². The van der Waals surface area contributed by atoms with E-state index in [2.05, 4.69) is 15.0 Å². The molecule has 0 atom stereocenters. The molecule has 1 aromatic heterocycles. The normalized spacial score (nSPS) is 11.5. The van der Waals surface area contributed by atoms with Crippen LogP contribution in [0.5, 0.6) is 0 Å². The second-order valence-corrected chi connectivity index (χ2v) is 8.52. The second kappa shape index (κ2) is 7.16. The number of sulfonamides is 1. The van der Waals surface area contributed by atoms with Crippen molar-refractivity contribution in [2.45, 2.75) is 0 Å². The third kappa shape index (κ3) is 3.80. The number of nitrogen functional groups attached to an aromatic ring is 1. The molecule has 0 unspecified atom stereocenters. The van der Waals surface area contributed by atoms with E-state index in [0.717, 1.165) is 17.0 Å². The molecule has 4 rings (SSSR count). The summed E-state index contributed by atoms with van der Waals surface area (Å²) >= 11 is 0. The third-order valence-electron chi connectivity index (χ3n) is 4.46. The summed E-state index contributed by atoms with van der Waals surface area (Å²) in [7, 11) is -3.57. The summed E-state index contributed by atoms with van der Waals surface area (Å²) < 4.78 is 25.2. The molecule has 10 heteroatoms. The third-order valence-corrected chi connectivity index (χ3v) is 5.07. The molecule has 3 aromatic carbocycles. The van der Waals surface area contributed by atoms with E-state index in [1.54, 1.807) is 18.2 Å². The van der Waals surface area contributed by atoms with Crippen LogP contribution in [0.2, 0.25) is 0 Å². The van der Waals surface area contributed by atoms with E-state index in [-0.39, 0.29) is 17.1 Å². The van der Waals surface area contributed by atoms with E-state index in [9.17, 15) is 18.5 Å². The van der Waals surface area contributed by atoms with Gasteiger partial charge >= 0.3 is 0 Å². The van der Waals surface area contributed by atoms with E-state index in [1.165, 1.54) is 18.2 Å². The zero-order valence-corrected chi connectivity index (χ0v) is 16.6. The molecule has 0 bridgehead atoms. The lowest BCUT2D eigenvalue weighted by Crippen LogP contribution is -2.10. The largest absolute Gasteiger partial charge is 0.399 e. The summed E-state index contributed by atoms with van der Waals surface area (Å²) in [5, 5.41) is 16.3. The summed E-state index contributed by atoms with van der Waals surface area (Å²) in [5.74, 6) is 0. The minimum atomic E-state index is -3.57. The highest BCUT2D eigenvalue weighted by Gasteiger charge is 2.18. The second-order valence-electron chi connectivity index (χ2n) is 6.77. The topological polar surface area (TPSA) is 140 Å². The monoisotopic (exact) mass is 423 g/mol. The number of aromatic nitrogens is 1. The van der Waals surface area contributed by atoms with Gasteiger partial charge in [-0.2, -0.15) is 0 Å². The lowest BCUT2D eigenvalue weighted by atomic mass is 10.1. The zero-order valence-electron chi connectivity index (χ0n) is 15.8. The number of nitrogens with zero attached hydrogens (tertiary/aromatic N) is 2. The first-order chi connectivity index (χ1) is 14.2. The first-order valence-electron chi connectivity index (χ1n) is 8.82. The maximum absolute atomic E-state index is 11.7. The zero-order chi connectivity index (χ0) is 21.5. The van der Waals surface area contributed by atoms with Crippen LogP contribution in [-0.4, -0.2) is 24.6 Å². The first kappa shape index (κ1) is 19.4. The lowest BCUT2D eigenvalue weighted by molar-refractivity contribution is -0.383. The molecule has 30 heavy (non-hydrogen) atoms. The summed E-state index contributed by atoms with van der Waals surface area (Å²) in [6.45, 7) is 0. The van der Waals surface area contributed by atoms with Gasteiger partial charge in [0.25, 0.3) is 5.69 Å². The average Bonchev–Trinajstić information content (AvgIpc) is 2.67. The van der Waals surface area contributed by atoms with Crippen molar-refractivity contribution >= 4 is 60.3 Å². The Hall–Kier alpha value is -3.92. The van der Waals surface area contributed by atoms with E-state index in [4.69, 9.17) is 5.73 Å². The molecule has 1 heterocycles. The van der Waals surface area contributed by atoms with Gasteiger partial charge in [0.05, 0.1) is 33.6 Å². The van der Waals surface area contributed by atoms with Crippen LogP contribution in [0.25, 0.3) is 21.8 Å². The van der Waals surface area contributed by atoms with Crippen LogP contribution in [0.15, 0.2) is 60.7 Å². The van der Waals surface area contributed by atoms with Gasteiger partial charge in [-0.3, -0.25) is 14.8 Å². The number of nitrogens with two attached hydrogens (primary N) is 1. The maximum atomic E-state index is 11.7. The molecule has 0 saturated carbocycles. The van der Waals surface area contributed by atoms with E-state index in [0.29, 0.717) is 22.4 Å². The number of rotatable bonds is 5.